The van der Waals surface area contributed by atoms with Gasteiger partial charge < -0.3 is 9.64 Å². The average Bonchev–Trinajstić information content (AvgIpc) is 3.08. The number of amides is 1. The number of likely N-dealkylation sites (tertiary alicyclic amines) is 1. The lowest BCUT2D eigenvalue weighted by Crippen LogP contribution is -2.41. The van der Waals surface area contributed by atoms with Crippen LogP contribution in [-0.2, 0) is 11.8 Å². The highest BCUT2D eigenvalue weighted by Gasteiger charge is 2.29. The number of ether oxygens (including phenoxy) is 1. The van der Waals surface area contributed by atoms with Crippen molar-refractivity contribution in [2.75, 3.05) is 19.7 Å². The third-order valence-electron chi connectivity index (χ3n) is 5.36. The summed E-state index contributed by atoms with van der Waals surface area (Å²) in [5, 5.41) is 4.46. The summed E-state index contributed by atoms with van der Waals surface area (Å²) in [6.07, 6.45) is 1.38. The van der Waals surface area contributed by atoms with Crippen LogP contribution in [0.2, 0.25) is 0 Å². The van der Waals surface area contributed by atoms with Gasteiger partial charge in [0.15, 0.2) is 18.2 Å². The lowest BCUT2D eigenvalue weighted by Gasteiger charge is -2.31. The van der Waals surface area contributed by atoms with E-state index in [4.69, 9.17) is 4.74 Å². The van der Waals surface area contributed by atoms with Crippen molar-refractivity contribution in [3.63, 3.8) is 0 Å². The molecule has 3 aromatic rings. The van der Waals surface area contributed by atoms with E-state index in [9.17, 15) is 14.0 Å². The minimum atomic E-state index is -0.488. The Morgan fingerprint density at radius 1 is 1.10 bits per heavy atom. The highest BCUT2D eigenvalue weighted by atomic mass is 19.1. The second-order valence-corrected chi connectivity index (χ2v) is 7.31. The lowest BCUT2D eigenvalue weighted by atomic mass is 9.95. The molecule has 0 unspecified atom stereocenters. The number of hydrogen-bond donors (Lipinski definition) is 0. The van der Waals surface area contributed by atoms with Crippen molar-refractivity contribution >= 4 is 5.91 Å². The zero-order valence-corrected chi connectivity index (χ0v) is 16.7. The molecule has 2 aromatic carbocycles. The van der Waals surface area contributed by atoms with Crippen molar-refractivity contribution in [1.29, 1.82) is 0 Å². The van der Waals surface area contributed by atoms with Crippen LogP contribution in [0.1, 0.15) is 24.6 Å². The summed E-state index contributed by atoms with van der Waals surface area (Å²) < 4.78 is 22.0. The van der Waals surface area contributed by atoms with Gasteiger partial charge in [0, 0.05) is 26.1 Å². The topological polar surface area (TPSA) is 69.4 Å². The van der Waals surface area contributed by atoms with Gasteiger partial charge in [-0.15, -0.1) is 0 Å². The Morgan fingerprint density at radius 2 is 1.77 bits per heavy atom. The molecule has 0 spiro atoms. The summed E-state index contributed by atoms with van der Waals surface area (Å²) in [4.78, 5) is 26.8. The van der Waals surface area contributed by atoms with Crippen LogP contribution in [0.15, 0.2) is 59.4 Å². The van der Waals surface area contributed by atoms with Crippen molar-refractivity contribution in [1.82, 2.24) is 19.2 Å². The number of aromatic nitrogens is 3. The van der Waals surface area contributed by atoms with E-state index in [0.717, 1.165) is 5.69 Å². The summed E-state index contributed by atoms with van der Waals surface area (Å²) in [5.74, 6) is 0.177. The Kier molecular flexibility index (Phi) is 5.65. The minimum Gasteiger partial charge on any atom is -0.481 e. The molecule has 2 heterocycles. The van der Waals surface area contributed by atoms with E-state index < -0.39 is 5.82 Å². The summed E-state index contributed by atoms with van der Waals surface area (Å²) in [5.41, 5.74) is 0.593. The van der Waals surface area contributed by atoms with Crippen molar-refractivity contribution in [2.24, 2.45) is 7.05 Å². The molecule has 1 aliphatic heterocycles. The summed E-state index contributed by atoms with van der Waals surface area (Å²) in [7, 11) is 1.64. The van der Waals surface area contributed by atoms with E-state index in [1.54, 1.807) is 28.6 Å². The van der Waals surface area contributed by atoms with Crippen LogP contribution in [0, 0.1) is 5.82 Å². The fraction of sp³-hybridized carbons (Fsp3) is 0.318. The average molecular weight is 410 g/mol. The molecule has 1 aromatic heterocycles. The fourth-order valence-electron chi connectivity index (χ4n) is 3.75. The second kappa shape index (κ2) is 8.52. The first kappa shape index (κ1) is 19.9. The molecule has 1 amide bonds. The molecule has 0 bridgehead atoms. The number of carbonyl (C=O) groups excluding carboxylic acids is 1. The zero-order valence-electron chi connectivity index (χ0n) is 16.7. The third kappa shape index (κ3) is 3.98. The molecule has 1 aliphatic rings. The lowest BCUT2D eigenvalue weighted by molar-refractivity contribution is -0.134. The maximum Gasteiger partial charge on any atom is 0.350 e. The maximum absolute atomic E-state index is 13.6. The van der Waals surface area contributed by atoms with E-state index in [-0.39, 0.29) is 29.9 Å². The molecule has 30 heavy (non-hydrogen) atoms. The first-order valence-corrected chi connectivity index (χ1v) is 9.91. The monoisotopic (exact) mass is 410 g/mol. The van der Waals surface area contributed by atoms with Crippen LogP contribution in [0.25, 0.3) is 5.69 Å². The van der Waals surface area contributed by atoms with Crippen LogP contribution in [-0.4, -0.2) is 44.9 Å². The van der Waals surface area contributed by atoms with Gasteiger partial charge in [-0.2, -0.15) is 5.10 Å². The number of halogens is 1. The van der Waals surface area contributed by atoms with E-state index in [1.807, 2.05) is 30.3 Å². The van der Waals surface area contributed by atoms with Crippen LogP contribution in [0.5, 0.6) is 5.75 Å². The highest BCUT2D eigenvalue weighted by Crippen LogP contribution is 2.27. The molecule has 0 aliphatic carbocycles. The molecular formula is C22H23FN4O3. The predicted octanol–water partition coefficient (Wildman–Crippen LogP) is 2.50. The first-order valence-electron chi connectivity index (χ1n) is 9.91. The van der Waals surface area contributed by atoms with Gasteiger partial charge in [0.2, 0.25) is 0 Å². The normalized spacial score (nSPS) is 14.7. The number of para-hydroxylation sites is 2. The van der Waals surface area contributed by atoms with Crippen molar-refractivity contribution in [3.05, 3.63) is 76.7 Å². The molecule has 0 saturated carbocycles. The minimum absolute atomic E-state index is 0.0654. The molecule has 0 N–H and O–H groups in total. The maximum atomic E-state index is 13.6. The van der Waals surface area contributed by atoms with E-state index in [1.165, 1.54) is 16.8 Å². The molecule has 0 radical (unpaired) electrons. The number of benzene rings is 2. The SMILES string of the molecule is Cn1nc(C2CCN(C(=O)COc3ccccc3F)CC2)n(-c2ccccc2)c1=O. The molecule has 0 atom stereocenters. The van der Waals surface area contributed by atoms with Gasteiger partial charge in [0.25, 0.3) is 5.91 Å². The molecule has 1 saturated heterocycles. The van der Waals surface area contributed by atoms with Gasteiger partial charge >= 0.3 is 5.69 Å². The Labute approximate surface area is 173 Å². The Morgan fingerprint density at radius 3 is 2.47 bits per heavy atom. The van der Waals surface area contributed by atoms with Gasteiger partial charge in [-0.3, -0.25) is 4.79 Å². The van der Waals surface area contributed by atoms with Crippen LogP contribution >= 0.6 is 0 Å². The van der Waals surface area contributed by atoms with Crippen LogP contribution in [0.3, 0.4) is 0 Å². The Balaban J connectivity index is 1.42. The second-order valence-electron chi connectivity index (χ2n) is 7.31. The third-order valence-corrected chi connectivity index (χ3v) is 5.36. The number of rotatable bonds is 5. The van der Waals surface area contributed by atoms with Gasteiger partial charge in [0.05, 0.1) is 5.69 Å². The van der Waals surface area contributed by atoms with Crippen molar-refractivity contribution in [2.45, 2.75) is 18.8 Å². The largest absolute Gasteiger partial charge is 0.481 e. The zero-order chi connectivity index (χ0) is 21.1. The summed E-state index contributed by atoms with van der Waals surface area (Å²) >= 11 is 0. The van der Waals surface area contributed by atoms with Gasteiger partial charge in [0.1, 0.15) is 5.82 Å². The van der Waals surface area contributed by atoms with E-state index >= 15 is 0 Å². The van der Waals surface area contributed by atoms with E-state index in [0.29, 0.717) is 31.8 Å². The smallest absolute Gasteiger partial charge is 0.350 e. The molecule has 4 rings (SSSR count). The van der Waals surface area contributed by atoms with Crippen molar-refractivity contribution < 1.29 is 13.9 Å². The summed E-state index contributed by atoms with van der Waals surface area (Å²) in [6, 6.07) is 15.5. The molecular weight excluding hydrogens is 387 g/mol. The van der Waals surface area contributed by atoms with Gasteiger partial charge in [-0.25, -0.2) is 18.4 Å². The summed E-state index contributed by atoms with van der Waals surface area (Å²) in [6.45, 7) is 0.858. The fourth-order valence-corrected chi connectivity index (χ4v) is 3.75. The van der Waals surface area contributed by atoms with Crippen LogP contribution in [0.4, 0.5) is 4.39 Å². The number of nitrogens with zero attached hydrogens (tertiary/aromatic N) is 4. The van der Waals surface area contributed by atoms with Crippen molar-refractivity contribution in [3.8, 4) is 11.4 Å². The quantitative estimate of drug-likeness (QED) is 0.648. The first-order chi connectivity index (χ1) is 14.5. The molecule has 156 valence electrons. The molecule has 1 fully saturated rings. The van der Waals surface area contributed by atoms with Gasteiger partial charge in [-0.1, -0.05) is 30.3 Å². The Bertz CT molecular complexity index is 1090. The highest BCUT2D eigenvalue weighted by molar-refractivity contribution is 5.77. The number of piperidine rings is 1. The number of hydrogen-bond acceptors (Lipinski definition) is 4. The number of aryl methyl sites for hydroxylation is 1. The standard InChI is InChI=1S/C22H23FN4O3/c1-25-22(29)27(17-7-3-2-4-8-17)21(24-25)16-11-13-26(14-12-16)20(28)15-30-19-10-6-5-9-18(19)23/h2-10,16H,11-15H2,1H3. The van der Waals surface area contributed by atoms with Gasteiger partial charge in [-0.05, 0) is 37.1 Å². The van der Waals surface area contributed by atoms with Crippen LogP contribution < -0.4 is 10.4 Å². The molecule has 7 nitrogen and oxygen atoms in total. The number of carbonyl (C=O) groups is 1. The Hall–Kier alpha value is -3.42. The molecule has 8 heteroatoms. The predicted molar refractivity (Wildman–Crippen MR) is 109 cm³/mol. The van der Waals surface area contributed by atoms with E-state index in [2.05, 4.69) is 5.10 Å².